The molecule has 0 atom stereocenters. The summed E-state index contributed by atoms with van der Waals surface area (Å²) < 4.78 is 13.6. The van der Waals surface area contributed by atoms with Gasteiger partial charge in [-0.05, 0) is 118 Å². The van der Waals surface area contributed by atoms with Crippen LogP contribution in [0.25, 0.3) is 41.1 Å². The van der Waals surface area contributed by atoms with Gasteiger partial charge in [0, 0.05) is 49.5 Å². The van der Waals surface area contributed by atoms with Crippen molar-refractivity contribution in [1.82, 2.24) is 0 Å². The Bertz CT molecular complexity index is 2460. The number of aryl methyl sites for hydroxylation is 4. The zero-order valence-corrected chi connectivity index (χ0v) is 34.1. The molecule has 2 heterocycles. The summed E-state index contributed by atoms with van der Waals surface area (Å²) in [6.45, 7) is 11.3. The minimum Gasteiger partial charge on any atom is -0.497 e. The van der Waals surface area contributed by atoms with Gasteiger partial charge in [-0.2, -0.15) is 0 Å². The van der Waals surface area contributed by atoms with E-state index in [0.717, 1.165) is 11.5 Å². The van der Waals surface area contributed by atoms with Gasteiger partial charge in [-0.15, -0.1) is 22.7 Å². The average molecular weight is 767 g/mol. The summed E-state index contributed by atoms with van der Waals surface area (Å²) in [5.41, 5.74) is 7.75. The van der Waals surface area contributed by atoms with E-state index < -0.39 is 0 Å². The maximum Gasteiger partial charge on any atom is 0.119 e. The fourth-order valence-corrected chi connectivity index (χ4v) is 11.0. The Labute approximate surface area is 329 Å². The molecule has 53 heavy (non-hydrogen) atoms. The molecular weight excluding hydrogens is 725 g/mol. The molecule has 0 spiro atoms. The van der Waals surface area contributed by atoms with E-state index in [-0.39, 0.29) is 0 Å². The van der Waals surface area contributed by atoms with E-state index in [9.17, 15) is 0 Å². The van der Waals surface area contributed by atoms with Gasteiger partial charge in [-0.1, -0.05) is 107 Å². The summed E-state index contributed by atoms with van der Waals surface area (Å²) in [4.78, 5) is 7.80. The normalized spacial score (nSPS) is 11.1. The molecule has 2 nitrogen and oxygen atoms in total. The average Bonchev–Trinajstić information content (AvgIpc) is 3.70. The van der Waals surface area contributed by atoms with E-state index in [2.05, 4.69) is 149 Å². The maximum absolute atomic E-state index is 5.58. The van der Waals surface area contributed by atoms with Crippen molar-refractivity contribution in [2.75, 3.05) is 13.7 Å². The van der Waals surface area contributed by atoms with Crippen molar-refractivity contribution in [3.63, 3.8) is 0 Å². The minimum atomic E-state index is 0.693. The molecule has 0 fully saturated rings. The SMILES string of the molecule is CCOc1ccc(Sc2c(-c3ccc(C)cc3)sc3cc(C)ccc23)cc1.COc1ccc(Sc2c(-c3ccc(C)cc3)sc3cc(C)ccc23)cc1. The van der Waals surface area contributed by atoms with Gasteiger partial charge in [0.25, 0.3) is 0 Å². The van der Waals surface area contributed by atoms with Crippen LogP contribution >= 0.6 is 46.2 Å². The number of ether oxygens (including phenoxy) is 2. The number of hydrogen-bond acceptors (Lipinski definition) is 6. The summed E-state index contributed by atoms with van der Waals surface area (Å²) in [6.07, 6.45) is 0. The topological polar surface area (TPSA) is 18.5 Å². The van der Waals surface area contributed by atoms with Crippen LogP contribution in [0.1, 0.15) is 29.2 Å². The highest BCUT2D eigenvalue weighted by atomic mass is 32.2. The van der Waals surface area contributed by atoms with E-state index in [1.165, 1.54) is 82.9 Å². The van der Waals surface area contributed by atoms with Gasteiger partial charge in [0.1, 0.15) is 11.5 Å². The van der Waals surface area contributed by atoms with Crippen LogP contribution in [-0.2, 0) is 0 Å². The van der Waals surface area contributed by atoms with Gasteiger partial charge in [-0.3, -0.25) is 0 Å². The lowest BCUT2D eigenvalue weighted by Crippen LogP contribution is -1.90. The largest absolute Gasteiger partial charge is 0.497 e. The highest BCUT2D eigenvalue weighted by molar-refractivity contribution is 8.00. The Morgan fingerprint density at radius 3 is 1.26 bits per heavy atom. The number of rotatable bonds is 9. The molecule has 6 aromatic carbocycles. The van der Waals surface area contributed by atoms with Gasteiger partial charge in [-0.25, -0.2) is 0 Å². The van der Waals surface area contributed by atoms with Crippen molar-refractivity contribution in [2.45, 2.75) is 54.2 Å². The van der Waals surface area contributed by atoms with Gasteiger partial charge in [0.15, 0.2) is 0 Å². The summed E-state index contributed by atoms with van der Waals surface area (Å²) in [7, 11) is 1.70. The first-order chi connectivity index (χ1) is 25.8. The van der Waals surface area contributed by atoms with Crippen LogP contribution in [0.4, 0.5) is 0 Å². The quantitative estimate of drug-likeness (QED) is 0.146. The van der Waals surface area contributed by atoms with E-state index in [0.29, 0.717) is 6.61 Å². The van der Waals surface area contributed by atoms with E-state index in [1.54, 1.807) is 7.11 Å². The van der Waals surface area contributed by atoms with E-state index in [1.807, 2.05) is 65.3 Å². The van der Waals surface area contributed by atoms with Crippen LogP contribution in [0.5, 0.6) is 11.5 Å². The third-order valence-corrected chi connectivity index (χ3v) is 13.8. The van der Waals surface area contributed by atoms with Gasteiger partial charge in [0.2, 0.25) is 0 Å². The zero-order chi connectivity index (χ0) is 36.9. The van der Waals surface area contributed by atoms with Crippen molar-refractivity contribution >= 4 is 66.4 Å². The smallest absolute Gasteiger partial charge is 0.119 e. The van der Waals surface area contributed by atoms with Crippen molar-refractivity contribution in [1.29, 1.82) is 0 Å². The predicted octanol–water partition coefficient (Wildman–Crippen LogP) is 15.1. The number of benzene rings is 6. The molecule has 8 aromatic rings. The van der Waals surface area contributed by atoms with E-state index in [4.69, 9.17) is 9.47 Å². The number of hydrogen-bond donors (Lipinski definition) is 0. The third kappa shape index (κ3) is 8.69. The highest BCUT2D eigenvalue weighted by Crippen LogP contribution is 2.48. The Morgan fingerprint density at radius 1 is 0.472 bits per heavy atom. The fourth-order valence-electron chi connectivity index (χ4n) is 6.00. The second-order valence-corrected chi connectivity index (χ2v) is 17.3. The maximum atomic E-state index is 5.58. The fraction of sp³-hybridized carbons (Fsp3) is 0.149. The molecule has 6 heteroatoms. The van der Waals surface area contributed by atoms with Crippen LogP contribution in [0.2, 0.25) is 0 Å². The van der Waals surface area contributed by atoms with Gasteiger partial charge >= 0.3 is 0 Å². The highest BCUT2D eigenvalue weighted by Gasteiger charge is 2.17. The number of fused-ring (bicyclic) bond motifs is 2. The van der Waals surface area contributed by atoms with Crippen LogP contribution in [0.15, 0.2) is 153 Å². The molecular formula is C47H42O2S4. The van der Waals surface area contributed by atoms with Gasteiger partial charge in [0.05, 0.1) is 13.7 Å². The molecule has 0 saturated carbocycles. The zero-order valence-electron chi connectivity index (χ0n) is 30.9. The first-order valence-corrected chi connectivity index (χ1v) is 21.0. The molecule has 0 aliphatic rings. The minimum absolute atomic E-state index is 0.693. The van der Waals surface area contributed by atoms with Crippen LogP contribution in [0.3, 0.4) is 0 Å². The van der Waals surface area contributed by atoms with Crippen molar-refractivity contribution in [3.8, 4) is 32.4 Å². The van der Waals surface area contributed by atoms with Crippen LogP contribution in [-0.4, -0.2) is 13.7 Å². The van der Waals surface area contributed by atoms with Crippen molar-refractivity contribution in [3.05, 3.63) is 156 Å². The Hall–Kier alpha value is -4.46. The van der Waals surface area contributed by atoms with E-state index >= 15 is 0 Å². The molecule has 0 radical (unpaired) electrons. The summed E-state index contributed by atoms with van der Waals surface area (Å²) in [5, 5.41) is 2.66. The third-order valence-electron chi connectivity index (χ3n) is 8.86. The lowest BCUT2D eigenvalue weighted by molar-refractivity contribution is 0.340. The molecule has 0 aliphatic heterocycles. The Kier molecular flexibility index (Phi) is 11.6. The summed E-state index contributed by atoms with van der Waals surface area (Å²) in [5.74, 6) is 1.81. The first kappa shape index (κ1) is 36.9. The molecule has 2 aromatic heterocycles. The predicted molar refractivity (Wildman–Crippen MR) is 232 cm³/mol. The summed E-state index contributed by atoms with van der Waals surface area (Å²) >= 11 is 7.43. The van der Waals surface area contributed by atoms with Crippen molar-refractivity contribution in [2.24, 2.45) is 0 Å². The molecule has 266 valence electrons. The molecule has 0 amide bonds. The molecule has 0 unspecified atom stereocenters. The molecule has 0 N–H and O–H groups in total. The second-order valence-electron chi connectivity index (χ2n) is 13.0. The number of methoxy groups -OCH3 is 1. The Morgan fingerprint density at radius 2 is 0.868 bits per heavy atom. The molecule has 0 bridgehead atoms. The monoisotopic (exact) mass is 766 g/mol. The lowest BCUT2D eigenvalue weighted by atomic mass is 10.1. The lowest BCUT2D eigenvalue weighted by Gasteiger charge is -2.07. The second kappa shape index (κ2) is 16.7. The molecule has 0 aliphatic carbocycles. The standard InChI is InChI=1S/C24H22OS2.C23H20OS2/c1-4-25-19-10-12-20(13-11-19)26-24-21-14-7-17(3)15-22(21)27-23(24)18-8-5-16(2)6-9-18;1-15-4-7-17(8-5-15)22-23(20-13-6-16(2)14-21(20)26-22)25-19-11-9-18(24-3)10-12-19/h5-15H,4H2,1-3H3;4-14H,1-3H3. The number of thiophene rings is 2. The summed E-state index contributed by atoms with van der Waals surface area (Å²) in [6, 6.07) is 47.9. The molecule has 0 saturated heterocycles. The van der Waals surface area contributed by atoms with Crippen LogP contribution < -0.4 is 9.47 Å². The molecule has 8 rings (SSSR count). The first-order valence-electron chi connectivity index (χ1n) is 17.7. The van der Waals surface area contributed by atoms with Crippen molar-refractivity contribution < 1.29 is 9.47 Å². The Balaban J connectivity index is 0.000000164. The van der Waals surface area contributed by atoms with Gasteiger partial charge < -0.3 is 9.47 Å². The van der Waals surface area contributed by atoms with Crippen LogP contribution in [0, 0.1) is 27.7 Å².